The van der Waals surface area contributed by atoms with Gasteiger partial charge in [0.1, 0.15) is 12.1 Å². The minimum absolute atomic E-state index is 0.00607. The highest BCUT2D eigenvalue weighted by molar-refractivity contribution is 7.90. The van der Waals surface area contributed by atoms with Gasteiger partial charge in [0.05, 0.1) is 16.8 Å². The third-order valence-electron chi connectivity index (χ3n) is 11.6. The van der Waals surface area contributed by atoms with Gasteiger partial charge in [-0.05, 0) is 61.2 Å². The molecule has 0 aromatic heterocycles. The minimum Gasteiger partial charge on any atom is -0.347 e. The number of carbonyl (C=O) groups excluding carboxylic acids is 5. The van der Waals surface area contributed by atoms with Crippen LogP contribution in [0.4, 0.5) is 4.79 Å². The molecule has 4 N–H and O–H groups in total. The molecule has 0 bridgehead atoms. The number of ketones is 1. The standard InChI is InChI=1S/C33H54N6O7S/c1-8-21(25(40)28(42)34-19-12-13-19)35-27(41)24-23-20(32(23,5)6)18-39(24)29(43)26(31(2,3)4)36-30(44)37-33(15-10-9-11-16-33)22-14-17-38(7)47(22,45)46/h19-24,26H,8-18H2,1-7H3,(H,34,42)(H,35,41)(H2,36,37,44)/t20-,21-,22?,23-,24-,26+/m0/s1. The first-order chi connectivity index (χ1) is 21.8. The highest BCUT2D eigenvalue weighted by atomic mass is 32.2. The van der Waals surface area contributed by atoms with E-state index < -0.39 is 73.9 Å². The van der Waals surface area contributed by atoms with E-state index in [4.69, 9.17) is 0 Å². The fourth-order valence-corrected chi connectivity index (χ4v) is 10.4. The van der Waals surface area contributed by atoms with Crippen LogP contribution < -0.4 is 21.3 Å². The summed E-state index contributed by atoms with van der Waals surface area (Å²) in [6.45, 7) is 12.1. The van der Waals surface area contributed by atoms with Crippen molar-refractivity contribution in [1.29, 1.82) is 0 Å². The number of amides is 5. The van der Waals surface area contributed by atoms with Crippen LogP contribution in [-0.4, -0.2) is 102 Å². The number of carbonyl (C=O) groups is 5. The van der Waals surface area contributed by atoms with E-state index in [-0.39, 0.29) is 29.7 Å². The van der Waals surface area contributed by atoms with Crippen LogP contribution in [0.25, 0.3) is 0 Å². The summed E-state index contributed by atoms with van der Waals surface area (Å²) in [7, 11) is -2.02. The van der Waals surface area contributed by atoms with Gasteiger partial charge >= 0.3 is 6.03 Å². The van der Waals surface area contributed by atoms with Gasteiger partial charge in [0.2, 0.25) is 27.6 Å². The Balaban J connectivity index is 1.34. The quantitative estimate of drug-likeness (QED) is 0.254. The van der Waals surface area contributed by atoms with Crippen molar-refractivity contribution in [2.45, 2.75) is 134 Å². The SMILES string of the molecule is CC[C@H](NC(=O)[C@@H]1[C@@H]2[C@H](CN1C(=O)[C@@H](NC(=O)NC1(C3CCN(C)S3(=O)=O)CCCCC1)C(C)(C)C)C2(C)C)C(=O)C(=O)NC1CC1. The Labute approximate surface area is 279 Å². The predicted molar refractivity (Wildman–Crippen MR) is 175 cm³/mol. The van der Waals surface area contributed by atoms with E-state index in [1.54, 1.807) is 14.0 Å². The molecular formula is C33H54N6O7S. The molecule has 264 valence electrons. The summed E-state index contributed by atoms with van der Waals surface area (Å²) >= 11 is 0. The number of hydrogen-bond acceptors (Lipinski definition) is 7. The average Bonchev–Trinajstić information content (AvgIpc) is 3.80. The number of nitrogens with zero attached hydrogens (tertiary/aromatic N) is 2. The van der Waals surface area contributed by atoms with Gasteiger partial charge in [0, 0.05) is 26.2 Å². The van der Waals surface area contributed by atoms with Crippen LogP contribution in [0.15, 0.2) is 0 Å². The number of nitrogens with one attached hydrogen (secondary N) is 4. The Morgan fingerprint density at radius 2 is 1.60 bits per heavy atom. The van der Waals surface area contributed by atoms with Crippen molar-refractivity contribution >= 4 is 39.6 Å². The number of likely N-dealkylation sites (tertiary alicyclic amines) is 1. The summed E-state index contributed by atoms with van der Waals surface area (Å²) in [5.41, 5.74) is -1.88. The van der Waals surface area contributed by atoms with E-state index in [2.05, 4.69) is 35.1 Å². The van der Waals surface area contributed by atoms with Crippen molar-refractivity contribution in [1.82, 2.24) is 30.5 Å². The molecule has 0 aromatic rings. The molecule has 0 aromatic carbocycles. The van der Waals surface area contributed by atoms with Crippen molar-refractivity contribution in [3.05, 3.63) is 0 Å². The topological polar surface area (TPSA) is 174 Å². The highest BCUT2D eigenvalue weighted by Crippen LogP contribution is 2.65. The molecule has 3 saturated carbocycles. The summed E-state index contributed by atoms with van der Waals surface area (Å²) in [6, 6.07) is -3.50. The van der Waals surface area contributed by atoms with Gasteiger partial charge in [0.15, 0.2) is 0 Å². The van der Waals surface area contributed by atoms with E-state index in [0.717, 1.165) is 32.1 Å². The summed E-state index contributed by atoms with van der Waals surface area (Å²) in [6.07, 6.45) is 5.94. The zero-order valence-electron chi connectivity index (χ0n) is 29.0. The van der Waals surface area contributed by atoms with Crippen LogP contribution in [0.5, 0.6) is 0 Å². The van der Waals surface area contributed by atoms with Crippen LogP contribution in [0.2, 0.25) is 0 Å². The number of piperidine rings is 1. The van der Waals surface area contributed by atoms with E-state index >= 15 is 0 Å². The summed E-state index contributed by atoms with van der Waals surface area (Å²) in [4.78, 5) is 69.0. The Kier molecular flexibility index (Phi) is 9.55. The second-order valence-corrected chi connectivity index (χ2v) is 18.5. The van der Waals surface area contributed by atoms with Gasteiger partial charge in [-0.15, -0.1) is 0 Å². The largest absolute Gasteiger partial charge is 0.347 e. The molecule has 47 heavy (non-hydrogen) atoms. The number of sulfonamides is 1. The van der Waals surface area contributed by atoms with Crippen LogP contribution >= 0.6 is 0 Å². The monoisotopic (exact) mass is 678 g/mol. The van der Waals surface area contributed by atoms with Crippen LogP contribution in [-0.2, 0) is 29.2 Å². The molecule has 6 atom stereocenters. The number of Topliss-reactive ketones (excluding diaryl/α,β-unsaturated/α-hetero) is 1. The first-order valence-electron chi connectivity index (χ1n) is 17.3. The molecular weight excluding hydrogens is 624 g/mol. The number of hydrogen-bond donors (Lipinski definition) is 4. The van der Waals surface area contributed by atoms with E-state index in [0.29, 0.717) is 32.4 Å². The summed E-state index contributed by atoms with van der Waals surface area (Å²) in [5, 5.41) is 10.7. The lowest BCUT2D eigenvalue weighted by Gasteiger charge is -2.43. The maximum absolute atomic E-state index is 14.4. The van der Waals surface area contributed by atoms with Crippen molar-refractivity contribution in [2.24, 2.45) is 22.7 Å². The molecule has 0 radical (unpaired) electrons. The van der Waals surface area contributed by atoms with Crippen molar-refractivity contribution < 1.29 is 32.4 Å². The molecule has 0 spiro atoms. The minimum atomic E-state index is -3.59. The van der Waals surface area contributed by atoms with Crippen molar-refractivity contribution in [3.63, 3.8) is 0 Å². The molecule has 2 saturated heterocycles. The molecule has 13 nitrogen and oxygen atoms in total. The Bertz CT molecular complexity index is 1400. The lowest BCUT2D eigenvalue weighted by molar-refractivity contribution is -0.145. The molecule has 5 aliphatic rings. The van der Waals surface area contributed by atoms with Crippen molar-refractivity contribution in [3.8, 4) is 0 Å². The fraction of sp³-hybridized carbons (Fsp3) is 0.848. The third kappa shape index (κ3) is 6.78. The predicted octanol–water partition coefficient (Wildman–Crippen LogP) is 1.66. The van der Waals surface area contributed by atoms with E-state index in [1.165, 1.54) is 9.21 Å². The number of rotatable bonds is 10. The molecule has 5 rings (SSSR count). The average molecular weight is 679 g/mol. The third-order valence-corrected chi connectivity index (χ3v) is 14.0. The molecule has 3 aliphatic carbocycles. The van der Waals surface area contributed by atoms with Crippen LogP contribution in [0.3, 0.4) is 0 Å². The molecule has 2 heterocycles. The molecule has 1 unspecified atom stereocenters. The maximum Gasteiger partial charge on any atom is 0.315 e. The second kappa shape index (κ2) is 12.6. The van der Waals surface area contributed by atoms with Crippen LogP contribution in [0.1, 0.15) is 99.3 Å². The lowest BCUT2D eigenvalue weighted by atomic mass is 9.78. The van der Waals surface area contributed by atoms with Gasteiger partial charge in [-0.25, -0.2) is 17.5 Å². The van der Waals surface area contributed by atoms with Gasteiger partial charge in [-0.2, -0.15) is 0 Å². The van der Waals surface area contributed by atoms with Crippen LogP contribution in [0, 0.1) is 22.7 Å². The zero-order chi connectivity index (χ0) is 34.7. The molecule has 5 fully saturated rings. The first kappa shape index (κ1) is 35.6. The van der Waals surface area contributed by atoms with Gasteiger partial charge in [0.25, 0.3) is 5.91 Å². The number of urea groups is 1. The normalized spacial score (nSPS) is 30.4. The van der Waals surface area contributed by atoms with E-state index in [9.17, 15) is 32.4 Å². The lowest BCUT2D eigenvalue weighted by Crippen LogP contribution is -2.65. The molecule has 14 heteroatoms. The Hall–Kier alpha value is -2.74. The molecule has 2 aliphatic heterocycles. The molecule has 5 amide bonds. The van der Waals surface area contributed by atoms with Gasteiger partial charge in [-0.3, -0.25) is 19.2 Å². The van der Waals surface area contributed by atoms with Gasteiger partial charge < -0.3 is 26.2 Å². The summed E-state index contributed by atoms with van der Waals surface area (Å²) < 4.78 is 27.9. The highest BCUT2D eigenvalue weighted by Gasteiger charge is 2.70. The van der Waals surface area contributed by atoms with Gasteiger partial charge in [-0.1, -0.05) is 60.8 Å². The number of fused-ring (bicyclic) bond motifs is 1. The Morgan fingerprint density at radius 1 is 0.957 bits per heavy atom. The second-order valence-electron chi connectivity index (χ2n) is 16.2. The zero-order valence-corrected chi connectivity index (χ0v) is 29.8. The van der Waals surface area contributed by atoms with E-state index in [1.807, 2.05) is 20.8 Å². The fourth-order valence-electron chi connectivity index (χ4n) is 8.34. The summed E-state index contributed by atoms with van der Waals surface area (Å²) in [5.74, 6) is -2.37. The first-order valence-corrected chi connectivity index (χ1v) is 18.8. The van der Waals surface area contributed by atoms with Crippen molar-refractivity contribution in [2.75, 3.05) is 20.1 Å². The Morgan fingerprint density at radius 3 is 2.13 bits per heavy atom. The smallest absolute Gasteiger partial charge is 0.315 e. The maximum atomic E-state index is 14.4.